The number of phenols is 2. The van der Waals surface area contributed by atoms with Gasteiger partial charge in [0.2, 0.25) is 0 Å². The van der Waals surface area contributed by atoms with E-state index in [1.807, 2.05) is 0 Å². The monoisotopic (exact) mass is 777 g/mol. The Hall–Kier alpha value is -1.82. The molecule has 12 unspecified atom stereocenters. The van der Waals surface area contributed by atoms with Crippen LogP contribution in [0.4, 0.5) is 0 Å². The average Bonchev–Trinajstić information content (AvgIpc) is 3.10. The van der Waals surface area contributed by atoms with E-state index in [0.717, 1.165) is 0 Å². The Kier molecular flexibility index (Phi) is 13.2. The molecule has 312 valence electrons. The van der Waals surface area contributed by atoms with Crippen LogP contribution in [0.25, 0.3) is 0 Å². The van der Waals surface area contributed by atoms with Crippen molar-refractivity contribution in [3.8, 4) is 11.5 Å². The zero-order chi connectivity index (χ0) is 40.9. The van der Waals surface area contributed by atoms with Crippen LogP contribution in [-0.2, 0) is 30.2 Å². The molecular formula is C36H63N3O15. The first-order valence-electron chi connectivity index (χ1n) is 18.1. The molecule has 0 bridgehead atoms. The van der Waals surface area contributed by atoms with Gasteiger partial charge in [0.05, 0.1) is 87.8 Å². The SMILES string of the molecule is CC1(COCC2(C)C(CO)OC(C)(COCC3(C)C(CO)OC(O)C(N)[C@]3(C)O)C(NCc3cccc(O)c3O)[C@]2(C)O)OC(CO)C(O)[C@@](C)(O)C1N. The first-order valence-corrected chi connectivity index (χ1v) is 18.1. The lowest BCUT2D eigenvalue weighted by atomic mass is 9.61. The number of nitrogens with two attached hydrogens (primary N) is 2. The minimum Gasteiger partial charge on any atom is -0.504 e. The highest BCUT2D eigenvalue weighted by molar-refractivity contribution is 5.44. The van der Waals surface area contributed by atoms with Gasteiger partial charge in [0.25, 0.3) is 0 Å². The lowest BCUT2D eigenvalue weighted by molar-refractivity contribution is -0.320. The molecule has 0 amide bonds. The van der Waals surface area contributed by atoms with Gasteiger partial charge in [-0.1, -0.05) is 26.0 Å². The second-order valence-corrected chi connectivity index (χ2v) is 16.8. The number of hydrogen-bond acceptors (Lipinski definition) is 18. The van der Waals surface area contributed by atoms with Gasteiger partial charge in [-0.2, -0.15) is 0 Å². The molecule has 3 aliphatic heterocycles. The van der Waals surface area contributed by atoms with Crippen molar-refractivity contribution >= 4 is 0 Å². The van der Waals surface area contributed by atoms with Crippen LogP contribution < -0.4 is 16.8 Å². The molecule has 18 nitrogen and oxygen atoms in total. The lowest BCUT2D eigenvalue weighted by Gasteiger charge is -2.61. The van der Waals surface area contributed by atoms with E-state index in [-0.39, 0.29) is 44.5 Å². The molecule has 0 aromatic heterocycles. The van der Waals surface area contributed by atoms with E-state index in [1.54, 1.807) is 33.8 Å². The van der Waals surface area contributed by atoms with E-state index >= 15 is 0 Å². The molecule has 3 fully saturated rings. The third kappa shape index (κ3) is 7.50. The van der Waals surface area contributed by atoms with Crippen LogP contribution in [0, 0.1) is 10.8 Å². The second-order valence-electron chi connectivity index (χ2n) is 16.8. The van der Waals surface area contributed by atoms with Crippen molar-refractivity contribution in [2.75, 3.05) is 46.2 Å². The number of para-hydroxylation sites is 1. The molecule has 15 atom stereocenters. The fourth-order valence-corrected chi connectivity index (χ4v) is 8.44. The molecule has 0 aliphatic carbocycles. The summed E-state index contributed by atoms with van der Waals surface area (Å²) in [6.45, 7) is 7.79. The predicted molar refractivity (Wildman–Crippen MR) is 191 cm³/mol. The van der Waals surface area contributed by atoms with E-state index in [0.29, 0.717) is 5.56 Å². The lowest BCUT2D eigenvalue weighted by Crippen LogP contribution is -2.78. The highest BCUT2D eigenvalue weighted by Gasteiger charge is 2.65. The normalized spacial score (nSPS) is 47.1. The molecule has 0 saturated carbocycles. The van der Waals surface area contributed by atoms with Crippen molar-refractivity contribution in [2.24, 2.45) is 22.3 Å². The molecule has 4 rings (SSSR count). The molecule has 3 aliphatic rings. The smallest absolute Gasteiger partial charge is 0.173 e. The van der Waals surface area contributed by atoms with Gasteiger partial charge in [0.15, 0.2) is 17.8 Å². The largest absolute Gasteiger partial charge is 0.504 e. The minimum atomic E-state index is -1.86. The van der Waals surface area contributed by atoms with Crippen molar-refractivity contribution in [2.45, 2.75) is 132 Å². The molecule has 54 heavy (non-hydrogen) atoms. The third-order valence-corrected chi connectivity index (χ3v) is 12.9. The number of rotatable bonds is 14. The maximum Gasteiger partial charge on any atom is 0.173 e. The quantitative estimate of drug-likeness (QED) is 0.0831. The maximum absolute atomic E-state index is 12.7. The minimum absolute atomic E-state index is 0.0823. The molecule has 1 aromatic carbocycles. The zero-order valence-electron chi connectivity index (χ0n) is 32.2. The Morgan fingerprint density at radius 2 is 1.30 bits per heavy atom. The zero-order valence-corrected chi connectivity index (χ0v) is 32.2. The molecule has 0 spiro atoms. The summed E-state index contributed by atoms with van der Waals surface area (Å²) in [6, 6.07) is 0.940. The predicted octanol–water partition coefficient (Wildman–Crippen LogP) is -3.12. The fraction of sp³-hybridized carbons (Fsp3) is 0.833. The fourth-order valence-electron chi connectivity index (χ4n) is 8.44. The number of benzene rings is 1. The van der Waals surface area contributed by atoms with Crippen LogP contribution in [-0.4, -0.2) is 174 Å². The topological polar surface area (TPSA) is 313 Å². The van der Waals surface area contributed by atoms with E-state index < -0.39 is 107 Å². The van der Waals surface area contributed by atoms with Crippen LogP contribution in [0.2, 0.25) is 0 Å². The van der Waals surface area contributed by atoms with Crippen molar-refractivity contribution in [1.82, 2.24) is 5.32 Å². The highest BCUT2D eigenvalue weighted by atomic mass is 16.6. The number of nitrogens with one attached hydrogen (secondary N) is 1. The average molecular weight is 778 g/mol. The van der Waals surface area contributed by atoms with Crippen LogP contribution in [0.15, 0.2) is 18.2 Å². The number of ether oxygens (including phenoxy) is 5. The van der Waals surface area contributed by atoms with Crippen molar-refractivity contribution in [3.63, 3.8) is 0 Å². The Labute approximate surface area is 315 Å². The van der Waals surface area contributed by atoms with Gasteiger partial charge in [0, 0.05) is 22.9 Å². The number of phenolic OH excluding ortho intramolecular Hbond substituents is 2. The Balaban J connectivity index is 1.65. The summed E-state index contributed by atoms with van der Waals surface area (Å²) in [6.07, 6.45) is -6.39. The van der Waals surface area contributed by atoms with E-state index in [4.69, 9.17) is 35.2 Å². The number of aliphatic hydroxyl groups excluding tert-OH is 5. The molecule has 3 heterocycles. The molecule has 15 N–H and O–H groups in total. The van der Waals surface area contributed by atoms with Crippen LogP contribution in [0.1, 0.15) is 54.0 Å². The van der Waals surface area contributed by atoms with E-state index in [9.17, 15) is 51.1 Å². The van der Waals surface area contributed by atoms with Crippen molar-refractivity contribution in [3.05, 3.63) is 23.8 Å². The summed E-state index contributed by atoms with van der Waals surface area (Å²) < 4.78 is 30.5. The number of aliphatic hydroxyl groups is 8. The van der Waals surface area contributed by atoms with Crippen LogP contribution in [0.5, 0.6) is 11.5 Å². The Morgan fingerprint density at radius 3 is 1.85 bits per heavy atom. The Morgan fingerprint density at radius 1 is 0.741 bits per heavy atom. The third-order valence-electron chi connectivity index (χ3n) is 12.9. The summed E-state index contributed by atoms with van der Waals surface area (Å²) in [4.78, 5) is 0. The summed E-state index contributed by atoms with van der Waals surface area (Å²) in [7, 11) is 0. The molecular weight excluding hydrogens is 714 g/mol. The number of aromatic hydroxyl groups is 2. The molecule has 18 heteroatoms. The molecule has 1 aromatic rings. The highest BCUT2D eigenvalue weighted by Crippen LogP contribution is 2.50. The number of hydrogen-bond donors (Lipinski definition) is 13. The summed E-state index contributed by atoms with van der Waals surface area (Å²) in [5.41, 5.74) is 1.64. The van der Waals surface area contributed by atoms with Crippen LogP contribution in [0.3, 0.4) is 0 Å². The summed E-state index contributed by atoms with van der Waals surface area (Å²) >= 11 is 0. The second kappa shape index (κ2) is 15.8. The van der Waals surface area contributed by atoms with E-state index in [2.05, 4.69) is 5.32 Å². The van der Waals surface area contributed by atoms with Crippen molar-refractivity contribution in [1.29, 1.82) is 0 Å². The molecule has 3 saturated heterocycles. The van der Waals surface area contributed by atoms with Gasteiger partial charge < -0.3 is 91.5 Å². The van der Waals surface area contributed by atoms with Gasteiger partial charge in [-0.25, -0.2) is 0 Å². The Bertz CT molecular complexity index is 1440. The summed E-state index contributed by atoms with van der Waals surface area (Å²) in [5, 5.41) is 111. The first kappa shape index (κ1) is 44.9. The van der Waals surface area contributed by atoms with Gasteiger partial charge in [-0.15, -0.1) is 0 Å². The molecule has 0 radical (unpaired) electrons. The first-order chi connectivity index (χ1) is 24.8. The van der Waals surface area contributed by atoms with Crippen molar-refractivity contribution < 1.29 is 74.7 Å². The van der Waals surface area contributed by atoms with Gasteiger partial charge in [0.1, 0.15) is 29.0 Å². The van der Waals surface area contributed by atoms with Gasteiger partial charge in [-0.05, 0) is 40.7 Å². The van der Waals surface area contributed by atoms with Crippen LogP contribution >= 0.6 is 0 Å². The maximum atomic E-state index is 12.7. The summed E-state index contributed by atoms with van der Waals surface area (Å²) in [5.74, 6) is -0.729. The van der Waals surface area contributed by atoms with E-state index in [1.165, 1.54) is 32.9 Å². The van der Waals surface area contributed by atoms with Gasteiger partial charge >= 0.3 is 0 Å². The standard InChI is InChI=1S/C36H63N3O15/c1-30(22(13-41)52-27(46)25(37)35(30,6)48)15-51-18-33(4)29(39-11-19-9-8-10-20(43)24(19)44)36(7,49)31(2,23(14-42)54-33)16-50-17-32(3)28(38)34(5,47)26(45)21(12-40)53-32/h8-10,21-23,25-29,39-49H,11-18,37-38H2,1-7H3/t21?,22?,23?,25?,26?,27?,28?,29?,30?,31?,32?,33?,34-,35+,36+/m1/s1. The van der Waals surface area contributed by atoms with Gasteiger partial charge in [-0.3, -0.25) is 0 Å².